The van der Waals surface area contributed by atoms with Gasteiger partial charge in [-0.25, -0.2) is 0 Å². The molecule has 1 aromatic heterocycles. The van der Waals surface area contributed by atoms with Crippen LogP contribution in [0.15, 0.2) is 18.2 Å². The molecule has 1 aliphatic carbocycles. The molecule has 1 N–H and O–H groups in total. The van der Waals surface area contributed by atoms with Crippen molar-refractivity contribution in [1.82, 2.24) is 15.2 Å². The monoisotopic (exact) mass is 273 g/mol. The van der Waals surface area contributed by atoms with Gasteiger partial charge in [0.1, 0.15) is 0 Å². The molecule has 0 spiro atoms. The lowest BCUT2D eigenvalue weighted by Crippen LogP contribution is -2.54. The molecule has 0 radical (unpaired) electrons. The fourth-order valence-corrected chi connectivity index (χ4v) is 3.84. The van der Waals surface area contributed by atoms with E-state index in [0.717, 1.165) is 37.8 Å². The quantitative estimate of drug-likeness (QED) is 0.918. The molecule has 1 saturated carbocycles. The van der Waals surface area contributed by atoms with Gasteiger partial charge in [0.05, 0.1) is 5.69 Å². The molecule has 2 heterocycles. The highest BCUT2D eigenvalue weighted by Gasteiger charge is 2.30. The Balaban J connectivity index is 1.68. The Morgan fingerprint density at radius 3 is 2.90 bits per heavy atom. The highest BCUT2D eigenvalue weighted by atomic mass is 15.2. The molecule has 2 fully saturated rings. The van der Waals surface area contributed by atoms with Gasteiger partial charge in [0.15, 0.2) is 0 Å². The van der Waals surface area contributed by atoms with Gasteiger partial charge in [0.25, 0.3) is 0 Å². The Morgan fingerprint density at radius 1 is 1.25 bits per heavy atom. The number of rotatable bonds is 3. The van der Waals surface area contributed by atoms with Crippen molar-refractivity contribution in [2.24, 2.45) is 5.92 Å². The molecule has 0 aromatic carbocycles. The predicted octanol–water partition coefficient (Wildman–Crippen LogP) is 2.74. The summed E-state index contributed by atoms with van der Waals surface area (Å²) in [5.41, 5.74) is 2.36. The van der Waals surface area contributed by atoms with Crippen LogP contribution in [0, 0.1) is 12.8 Å². The Hall–Kier alpha value is -0.930. The van der Waals surface area contributed by atoms with Crippen LogP contribution < -0.4 is 5.32 Å². The summed E-state index contributed by atoms with van der Waals surface area (Å²) in [4.78, 5) is 7.36. The first-order chi connectivity index (χ1) is 9.83. The van der Waals surface area contributed by atoms with E-state index in [0.29, 0.717) is 6.04 Å². The van der Waals surface area contributed by atoms with Crippen molar-refractivity contribution in [3.63, 3.8) is 0 Å². The van der Waals surface area contributed by atoms with Crippen LogP contribution in [0.1, 0.15) is 43.5 Å². The molecule has 20 heavy (non-hydrogen) atoms. The largest absolute Gasteiger partial charge is 0.314 e. The number of aryl methyl sites for hydroxylation is 1. The van der Waals surface area contributed by atoms with E-state index in [1.165, 1.54) is 37.8 Å². The number of pyridine rings is 1. The Labute approximate surface area is 122 Å². The Bertz CT molecular complexity index is 426. The van der Waals surface area contributed by atoms with Crippen molar-refractivity contribution < 1.29 is 0 Å². The number of hydrogen-bond acceptors (Lipinski definition) is 3. The molecule has 1 saturated heterocycles. The van der Waals surface area contributed by atoms with Crippen molar-refractivity contribution >= 4 is 0 Å². The molecule has 0 amide bonds. The minimum Gasteiger partial charge on any atom is -0.314 e. The van der Waals surface area contributed by atoms with E-state index in [1.54, 1.807) is 0 Å². The molecule has 1 aromatic rings. The molecule has 0 bridgehead atoms. The van der Waals surface area contributed by atoms with Crippen LogP contribution in [0.5, 0.6) is 0 Å². The van der Waals surface area contributed by atoms with Crippen molar-refractivity contribution in [1.29, 1.82) is 0 Å². The zero-order chi connectivity index (χ0) is 13.8. The lowest BCUT2D eigenvalue weighted by Gasteiger charge is -2.42. The third-order valence-electron chi connectivity index (χ3n) is 4.90. The number of nitrogens with zero attached hydrogens (tertiary/aromatic N) is 2. The van der Waals surface area contributed by atoms with Gasteiger partial charge in [-0.1, -0.05) is 25.3 Å². The molecule has 3 heteroatoms. The minimum atomic E-state index is 0.714. The molecule has 3 nitrogen and oxygen atoms in total. The van der Waals surface area contributed by atoms with Crippen molar-refractivity contribution in [2.45, 2.75) is 51.6 Å². The fourth-order valence-electron chi connectivity index (χ4n) is 3.84. The molecule has 1 aliphatic heterocycles. The second-order valence-corrected chi connectivity index (χ2v) is 6.41. The zero-order valence-corrected chi connectivity index (χ0v) is 12.6. The summed E-state index contributed by atoms with van der Waals surface area (Å²) >= 11 is 0. The van der Waals surface area contributed by atoms with Crippen LogP contribution in [0.2, 0.25) is 0 Å². The van der Waals surface area contributed by atoms with Crippen LogP contribution in [0.3, 0.4) is 0 Å². The van der Waals surface area contributed by atoms with Gasteiger partial charge in [-0.2, -0.15) is 0 Å². The summed E-state index contributed by atoms with van der Waals surface area (Å²) in [5.74, 6) is 0.890. The van der Waals surface area contributed by atoms with Crippen LogP contribution >= 0.6 is 0 Å². The van der Waals surface area contributed by atoms with E-state index >= 15 is 0 Å². The van der Waals surface area contributed by atoms with E-state index in [4.69, 9.17) is 0 Å². The lowest BCUT2D eigenvalue weighted by atomic mass is 9.82. The number of nitrogens with one attached hydrogen (secondary N) is 1. The topological polar surface area (TPSA) is 28.2 Å². The average Bonchev–Trinajstić information content (AvgIpc) is 2.49. The molecular formula is C17H27N3. The Kier molecular flexibility index (Phi) is 4.69. The second kappa shape index (κ2) is 6.68. The van der Waals surface area contributed by atoms with Crippen LogP contribution in [-0.2, 0) is 6.54 Å². The third-order valence-corrected chi connectivity index (χ3v) is 4.90. The number of aromatic nitrogens is 1. The summed E-state index contributed by atoms with van der Waals surface area (Å²) in [6.07, 6.45) is 7.14. The van der Waals surface area contributed by atoms with E-state index in [1.807, 2.05) is 0 Å². The number of hydrogen-bond donors (Lipinski definition) is 1. The predicted molar refractivity (Wildman–Crippen MR) is 82.6 cm³/mol. The highest BCUT2D eigenvalue weighted by molar-refractivity contribution is 5.10. The first-order valence-corrected chi connectivity index (χ1v) is 8.20. The minimum absolute atomic E-state index is 0.714. The van der Waals surface area contributed by atoms with E-state index in [9.17, 15) is 0 Å². The van der Waals surface area contributed by atoms with E-state index in [2.05, 4.69) is 40.3 Å². The van der Waals surface area contributed by atoms with Gasteiger partial charge in [-0.3, -0.25) is 9.88 Å². The van der Waals surface area contributed by atoms with Crippen LogP contribution in [0.4, 0.5) is 0 Å². The van der Waals surface area contributed by atoms with Gasteiger partial charge >= 0.3 is 0 Å². The average molecular weight is 273 g/mol. The van der Waals surface area contributed by atoms with Gasteiger partial charge in [-0.15, -0.1) is 0 Å². The van der Waals surface area contributed by atoms with Gasteiger partial charge in [0, 0.05) is 37.9 Å². The molecule has 3 rings (SSSR count). The SMILES string of the molecule is Cc1cccc(CN2CCNCC2C2CCCCC2)n1. The van der Waals surface area contributed by atoms with Gasteiger partial charge < -0.3 is 5.32 Å². The zero-order valence-electron chi connectivity index (χ0n) is 12.6. The summed E-state index contributed by atoms with van der Waals surface area (Å²) in [5, 5.41) is 3.60. The summed E-state index contributed by atoms with van der Waals surface area (Å²) < 4.78 is 0. The van der Waals surface area contributed by atoms with Crippen LogP contribution in [-0.4, -0.2) is 35.6 Å². The summed E-state index contributed by atoms with van der Waals surface area (Å²) in [6, 6.07) is 7.11. The van der Waals surface area contributed by atoms with E-state index < -0.39 is 0 Å². The molecule has 1 unspecified atom stereocenters. The maximum atomic E-state index is 4.68. The van der Waals surface area contributed by atoms with E-state index in [-0.39, 0.29) is 0 Å². The first kappa shape index (κ1) is 14.0. The van der Waals surface area contributed by atoms with Gasteiger partial charge in [0.2, 0.25) is 0 Å². The third kappa shape index (κ3) is 3.39. The normalized spacial score (nSPS) is 25.8. The van der Waals surface area contributed by atoms with Crippen molar-refractivity contribution in [2.75, 3.05) is 19.6 Å². The molecular weight excluding hydrogens is 246 g/mol. The maximum absolute atomic E-state index is 4.68. The van der Waals surface area contributed by atoms with Crippen molar-refractivity contribution in [3.05, 3.63) is 29.6 Å². The smallest absolute Gasteiger partial charge is 0.0547 e. The van der Waals surface area contributed by atoms with Crippen molar-refractivity contribution in [3.8, 4) is 0 Å². The standard InChI is InChI=1S/C17H27N3/c1-14-6-5-9-16(19-14)13-20-11-10-18-12-17(20)15-7-3-2-4-8-15/h5-6,9,15,17-18H,2-4,7-8,10-13H2,1H3. The fraction of sp³-hybridized carbons (Fsp3) is 0.706. The summed E-state index contributed by atoms with van der Waals surface area (Å²) in [7, 11) is 0. The molecule has 110 valence electrons. The number of piperazine rings is 1. The summed E-state index contributed by atoms with van der Waals surface area (Å²) in [6.45, 7) is 6.55. The van der Waals surface area contributed by atoms with Crippen LogP contribution in [0.25, 0.3) is 0 Å². The lowest BCUT2D eigenvalue weighted by molar-refractivity contribution is 0.0848. The van der Waals surface area contributed by atoms with Gasteiger partial charge in [-0.05, 0) is 37.8 Å². The maximum Gasteiger partial charge on any atom is 0.0547 e. The molecule has 2 aliphatic rings. The second-order valence-electron chi connectivity index (χ2n) is 6.41. The Morgan fingerprint density at radius 2 is 2.10 bits per heavy atom. The molecule has 1 atom stereocenters. The first-order valence-electron chi connectivity index (χ1n) is 8.20. The highest BCUT2D eigenvalue weighted by Crippen LogP contribution is 2.30.